The number of esters is 2. The smallest absolute Gasteiger partial charge is 0.373 e. The van der Waals surface area contributed by atoms with Gasteiger partial charge in [0, 0.05) is 12.7 Å². The van der Waals surface area contributed by atoms with Crippen LogP contribution in [-0.4, -0.2) is 45.0 Å². The minimum absolute atomic E-state index is 0.0512. The summed E-state index contributed by atoms with van der Waals surface area (Å²) < 4.78 is 19.4. The molecular weight excluding hydrogens is 240 g/mol. The zero-order valence-corrected chi connectivity index (χ0v) is 10.5. The lowest BCUT2D eigenvalue weighted by Gasteiger charge is -2.07. The maximum absolute atomic E-state index is 11.2. The monoisotopic (exact) mass is 258 g/mol. The molecule has 0 spiro atoms. The molecule has 0 aliphatic heterocycles. The fourth-order valence-corrected chi connectivity index (χ4v) is 0.843. The van der Waals surface area contributed by atoms with Crippen molar-refractivity contribution in [2.75, 3.05) is 33.0 Å². The van der Waals surface area contributed by atoms with Crippen molar-refractivity contribution in [2.24, 2.45) is 0 Å². The zero-order chi connectivity index (χ0) is 13.8. The van der Waals surface area contributed by atoms with Crippen molar-refractivity contribution in [3.05, 3.63) is 25.0 Å². The SMILES string of the molecule is C=CC(=O)OC(=C)C(=O)OCCOCCOCC. The maximum Gasteiger partial charge on any atom is 0.373 e. The Morgan fingerprint density at radius 3 is 2.33 bits per heavy atom. The van der Waals surface area contributed by atoms with E-state index < -0.39 is 11.9 Å². The van der Waals surface area contributed by atoms with Crippen LogP contribution in [0.25, 0.3) is 0 Å². The Kier molecular flexibility index (Phi) is 9.52. The van der Waals surface area contributed by atoms with Gasteiger partial charge in [-0.2, -0.15) is 0 Å². The van der Waals surface area contributed by atoms with Crippen LogP contribution in [0, 0.1) is 0 Å². The van der Waals surface area contributed by atoms with Crippen molar-refractivity contribution in [1.29, 1.82) is 0 Å². The lowest BCUT2D eigenvalue weighted by Crippen LogP contribution is -2.16. The van der Waals surface area contributed by atoms with Crippen LogP contribution in [0.3, 0.4) is 0 Å². The third-order valence-electron chi connectivity index (χ3n) is 1.66. The Labute approximate surface area is 106 Å². The topological polar surface area (TPSA) is 71.1 Å². The summed E-state index contributed by atoms with van der Waals surface area (Å²) in [6.07, 6.45) is 0.926. The third kappa shape index (κ3) is 8.49. The molecule has 0 aliphatic carbocycles. The van der Waals surface area contributed by atoms with Crippen molar-refractivity contribution in [3.63, 3.8) is 0 Å². The number of carbonyl (C=O) groups is 2. The van der Waals surface area contributed by atoms with Crippen LogP contribution in [0.2, 0.25) is 0 Å². The summed E-state index contributed by atoms with van der Waals surface area (Å²) in [5.74, 6) is -1.95. The van der Waals surface area contributed by atoms with Gasteiger partial charge >= 0.3 is 11.9 Å². The average molecular weight is 258 g/mol. The molecule has 0 saturated heterocycles. The fraction of sp³-hybridized carbons (Fsp3) is 0.500. The van der Waals surface area contributed by atoms with Gasteiger partial charge in [-0.05, 0) is 13.5 Å². The minimum Gasteiger partial charge on any atom is -0.457 e. The largest absolute Gasteiger partial charge is 0.457 e. The van der Waals surface area contributed by atoms with Gasteiger partial charge in [0.25, 0.3) is 0 Å². The molecule has 0 aromatic heterocycles. The Morgan fingerprint density at radius 2 is 1.72 bits per heavy atom. The summed E-state index contributed by atoms with van der Waals surface area (Å²) in [6.45, 7) is 10.2. The lowest BCUT2D eigenvalue weighted by atomic mass is 10.5. The van der Waals surface area contributed by atoms with Crippen LogP contribution in [0.15, 0.2) is 25.0 Å². The number of carbonyl (C=O) groups excluding carboxylic acids is 2. The van der Waals surface area contributed by atoms with E-state index in [9.17, 15) is 9.59 Å². The molecule has 0 aromatic rings. The van der Waals surface area contributed by atoms with E-state index in [1.165, 1.54) is 0 Å². The molecule has 0 heterocycles. The van der Waals surface area contributed by atoms with Gasteiger partial charge in [-0.15, -0.1) is 0 Å². The van der Waals surface area contributed by atoms with Gasteiger partial charge < -0.3 is 18.9 Å². The van der Waals surface area contributed by atoms with E-state index in [0.717, 1.165) is 6.08 Å². The second kappa shape index (κ2) is 10.5. The molecule has 18 heavy (non-hydrogen) atoms. The van der Waals surface area contributed by atoms with Crippen molar-refractivity contribution in [3.8, 4) is 0 Å². The molecule has 0 amide bonds. The van der Waals surface area contributed by atoms with Gasteiger partial charge in [-0.25, -0.2) is 9.59 Å². The predicted octanol–water partition coefficient (Wildman–Crippen LogP) is 0.826. The molecule has 0 unspecified atom stereocenters. The highest BCUT2D eigenvalue weighted by molar-refractivity contribution is 5.91. The normalized spacial score (nSPS) is 9.61. The van der Waals surface area contributed by atoms with Gasteiger partial charge in [0.2, 0.25) is 5.76 Å². The Bertz CT molecular complexity index is 297. The molecule has 0 aromatic carbocycles. The molecule has 102 valence electrons. The third-order valence-corrected chi connectivity index (χ3v) is 1.66. The first-order valence-electron chi connectivity index (χ1n) is 5.47. The second-order valence-corrected chi connectivity index (χ2v) is 2.99. The van der Waals surface area contributed by atoms with Crippen LogP contribution in [-0.2, 0) is 28.5 Å². The second-order valence-electron chi connectivity index (χ2n) is 2.99. The summed E-state index contributed by atoms with van der Waals surface area (Å²) in [5, 5.41) is 0. The maximum atomic E-state index is 11.2. The standard InChI is InChI=1S/C12H18O6/c1-4-11(13)18-10(3)12(14)17-9-8-16-7-6-15-5-2/h4H,1,3,5-9H2,2H3. The van der Waals surface area contributed by atoms with E-state index in [4.69, 9.17) is 14.2 Å². The number of hydrogen-bond donors (Lipinski definition) is 0. The van der Waals surface area contributed by atoms with Gasteiger partial charge in [0.05, 0.1) is 19.8 Å². The Balaban J connectivity index is 3.55. The first kappa shape index (κ1) is 16.3. The highest BCUT2D eigenvalue weighted by Gasteiger charge is 2.12. The van der Waals surface area contributed by atoms with E-state index in [-0.39, 0.29) is 19.0 Å². The van der Waals surface area contributed by atoms with E-state index in [2.05, 4.69) is 17.9 Å². The van der Waals surface area contributed by atoms with E-state index in [1.54, 1.807) is 0 Å². The van der Waals surface area contributed by atoms with Crippen molar-refractivity contribution < 1.29 is 28.5 Å². The highest BCUT2D eigenvalue weighted by Crippen LogP contribution is 1.98. The van der Waals surface area contributed by atoms with Gasteiger partial charge in [0.15, 0.2) is 0 Å². The van der Waals surface area contributed by atoms with Crippen molar-refractivity contribution in [1.82, 2.24) is 0 Å². The lowest BCUT2D eigenvalue weighted by molar-refractivity contribution is -0.150. The molecule has 0 aliphatic rings. The predicted molar refractivity (Wildman–Crippen MR) is 63.7 cm³/mol. The minimum atomic E-state index is -0.807. The van der Waals surface area contributed by atoms with Crippen LogP contribution in [0.4, 0.5) is 0 Å². The fourth-order valence-electron chi connectivity index (χ4n) is 0.843. The van der Waals surface area contributed by atoms with Gasteiger partial charge in [0.1, 0.15) is 6.61 Å². The molecule has 0 radical (unpaired) electrons. The van der Waals surface area contributed by atoms with Crippen LogP contribution in [0.5, 0.6) is 0 Å². The highest BCUT2D eigenvalue weighted by atomic mass is 16.6. The Hall–Kier alpha value is -1.66. The molecule has 6 nitrogen and oxygen atoms in total. The first-order chi connectivity index (χ1) is 8.61. The van der Waals surface area contributed by atoms with Gasteiger partial charge in [-0.3, -0.25) is 0 Å². The van der Waals surface area contributed by atoms with E-state index in [1.807, 2.05) is 6.92 Å². The van der Waals surface area contributed by atoms with E-state index >= 15 is 0 Å². The molecule has 0 N–H and O–H groups in total. The quantitative estimate of drug-likeness (QED) is 0.250. The molecule has 0 saturated carbocycles. The summed E-state index contributed by atoms with van der Waals surface area (Å²) in [7, 11) is 0. The molecule has 6 heteroatoms. The molecule has 0 atom stereocenters. The van der Waals surface area contributed by atoms with E-state index in [0.29, 0.717) is 19.8 Å². The number of ether oxygens (including phenoxy) is 4. The summed E-state index contributed by atoms with van der Waals surface area (Å²) in [5.41, 5.74) is 0. The molecule has 0 rings (SSSR count). The Morgan fingerprint density at radius 1 is 1.11 bits per heavy atom. The van der Waals surface area contributed by atoms with Crippen molar-refractivity contribution in [2.45, 2.75) is 6.92 Å². The summed E-state index contributed by atoms with van der Waals surface area (Å²) in [6, 6.07) is 0. The number of hydrogen-bond acceptors (Lipinski definition) is 6. The van der Waals surface area contributed by atoms with Crippen LogP contribution < -0.4 is 0 Å². The number of rotatable bonds is 10. The van der Waals surface area contributed by atoms with Crippen LogP contribution >= 0.6 is 0 Å². The first-order valence-corrected chi connectivity index (χ1v) is 5.47. The molecule has 0 bridgehead atoms. The average Bonchev–Trinajstić information content (AvgIpc) is 2.37. The van der Waals surface area contributed by atoms with Gasteiger partial charge in [-0.1, -0.05) is 6.58 Å². The zero-order valence-electron chi connectivity index (χ0n) is 10.5. The molecule has 0 fully saturated rings. The summed E-state index contributed by atoms with van der Waals surface area (Å²) in [4.78, 5) is 22.0. The van der Waals surface area contributed by atoms with Crippen LogP contribution in [0.1, 0.15) is 6.92 Å². The molecular formula is C12H18O6. The summed E-state index contributed by atoms with van der Waals surface area (Å²) >= 11 is 0. The van der Waals surface area contributed by atoms with Crippen molar-refractivity contribution >= 4 is 11.9 Å².